The SMILES string of the molecule is COc1ccc2c(ccc3[nH]c4c5ccccc5nc(NCCCN)c4c32)c1. The van der Waals surface area contributed by atoms with Crippen molar-refractivity contribution < 1.29 is 4.74 Å². The molecule has 3 aromatic carbocycles. The van der Waals surface area contributed by atoms with Crippen LogP contribution in [0, 0.1) is 0 Å². The molecule has 5 aromatic rings. The fraction of sp³-hybridized carbons (Fsp3) is 0.174. The number of nitrogens with zero attached hydrogens (tertiary/aromatic N) is 1. The number of ether oxygens (including phenoxy) is 1. The monoisotopic (exact) mass is 370 g/mol. The number of fused-ring (bicyclic) bond motifs is 7. The highest BCUT2D eigenvalue weighted by Crippen LogP contribution is 2.39. The van der Waals surface area contributed by atoms with Crippen LogP contribution in [0.1, 0.15) is 6.42 Å². The number of anilines is 1. The average Bonchev–Trinajstić information content (AvgIpc) is 3.14. The third kappa shape index (κ3) is 2.55. The molecule has 0 spiro atoms. The number of methoxy groups -OCH3 is 1. The first kappa shape index (κ1) is 16.8. The number of hydrogen-bond acceptors (Lipinski definition) is 4. The van der Waals surface area contributed by atoms with Crippen molar-refractivity contribution in [3.63, 3.8) is 0 Å². The molecule has 28 heavy (non-hydrogen) atoms. The Labute approximate surface area is 162 Å². The lowest BCUT2D eigenvalue weighted by Crippen LogP contribution is -2.09. The van der Waals surface area contributed by atoms with Gasteiger partial charge in [-0.15, -0.1) is 0 Å². The summed E-state index contributed by atoms with van der Waals surface area (Å²) < 4.78 is 5.41. The van der Waals surface area contributed by atoms with Crippen molar-refractivity contribution >= 4 is 49.3 Å². The second-order valence-electron chi connectivity index (χ2n) is 7.00. The molecule has 0 atom stereocenters. The van der Waals surface area contributed by atoms with Crippen LogP contribution in [0.4, 0.5) is 5.82 Å². The van der Waals surface area contributed by atoms with Crippen molar-refractivity contribution in [1.29, 1.82) is 0 Å². The Morgan fingerprint density at radius 3 is 2.79 bits per heavy atom. The van der Waals surface area contributed by atoms with Crippen LogP contribution in [0.25, 0.3) is 43.5 Å². The van der Waals surface area contributed by atoms with Gasteiger partial charge >= 0.3 is 0 Å². The van der Waals surface area contributed by atoms with Crippen LogP contribution in [0.3, 0.4) is 0 Å². The Hall–Kier alpha value is -3.31. The number of para-hydroxylation sites is 1. The number of nitrogens with two attached hydrogens (primary N) is 1. The number of rotatable bonds is 5. The van der Waals surface area contributed by atoms with Gasteiger partial charge in [0.1, 0.15) is 11.6 Å². The van der Waals surface area contributed by atoms with Gasteiger partial charge in [0.05, 0.1) is 23.5 Å². The summed E-state index contributed by atoms with van der Waals surface area (Å²) in [6.45, 7) is 1.45. The van der Waals surface area contributed by atoms with Crippen molar-refractivity contribution in [1.82, 2.24) is 9.97 Å². The lowest BCUT2D eigenvalue weighted by atomic mass is 10.0. The van der Waals surface area contributed by atoms with E-state index in [1.165, 1.54) is 10.8 Å². The fourth-order valence-electron chi connectivity index (χ4n) is 3.97. The number of H-pyrrole nitrogens is 1. The zero-order valence-electron chi connectivity index (χ0n) is 15.8. The van der Waals surface area contributed by atoms with Crippen molar-refractivity contribution in [2.75, 3.05) is 25.5 Å². The first-order valence-electron chi connectivity index (χ1n) is 9.55. The molecule has 0 bridgehead atoms. The van der Waals surface area contributed by atoms with E-state index in [1.807, 2.05) is 12.1 Å². The van der Waals surface area contributed by atoms with E-state index in [9.17, 15) is 0 Å². The second kappa shape index (κ2) is 6.69. The first-order chi connectivity index (χ1) is 13.8. The topological polar surface area (TPSA) is 76.0 Å². The first-order valence-corrected chi connectivity index (χ1v) is 9.55. The van der Waals surface area contributed by atoms with Crippen LogP contribution < -0.4 is 15.8 Å². The predicted octanol–water partition coefficient (Wildman–Crippen LogP) is 4.79. The smallest absolute Gasteiger partial charge is 0.136 e. The molecular weight excluding hydrogens is 348 g/mol. The molecule has 5 heteroatoms. The minimum Gasteiger partial charge on any atom is -0.497 e. The molecule has 0 saturated carbocycles. The van der Waals surface area contributed by atoms with Crippen molar-refractivity contribution in [2.45, 2.75) is 6.42 Å². The summed E-state index contributed by atoms with van der Waals surface area (Å²) in [5.41, 5.74) is 8.88. The molecule has 0 saturated heterocycles. The second-order valence-corrected chi connectivity index (χ2v) is 7.00. The lowest BCUT2D eigenvalue weighted by molar-refractivity contribution is 0.415. The average molecular weight is 370 g/mol. The third-order valence-corrected chi connectivity index (χ3v) is 5.30. The van der Waals surface area contributed by atoms with E-state index < -0.39 is 0 Å². The maximum Gasteiger partial charge on any atom is 0.136 e. The van der Waals surface area contributed by atoms with Crippen molar-refractivity contribution in [2.24, 2.45) is 5.73 Å². The molecule has 0 aliphatic heterocycles. The molecule has 4 N–H and O–H groups in total. The maximum absolute atomic E-state index is 5.69. The third-order valence-electron chi connectivity index (χ3n) is 5.30. The van der Waals surface area contributed by atoms with Crippen LogP contribution in [0.2, 0.25) is 0 Å². The molecule has 0 radical (unpaired) electrons. The van der Waals surface area contributed by atoms with Gasteiger partial charge in [-0.3, -0.25) is 0 Å². The minimum atomic E-state index is 0.653. The minimum absolute atomic E-state index is 0.653. The zero-order valence-corrected chi connectivity index (χ0v) is 15.8. The molecule has 5 nitrogen and oxygen atoms in total. The van der Waals surface area contributed by atoms with E-state index in [4.69, 9.17) is 15.5 Å². The van der Waals surface area contributed by atoms with Crippen molar-refractivity contribution in [3.05, 3.63) is 54.6 Å². The van der Waals surface area contributed by atoms with E-state index >= 15 is 0 Å². The molecule has 0 aliphatic rings. The normalized spacial score (nSPS) is 11.6. The number of aromatic nitrogens is 2. The number of aromatic amines is 1. The van der Waals surface area contributed by atoms with Gasteiger partial charge in [-0.2, -0.15) is 0 Å². The summed E-state index contributed by atoms with van der Waals surface area (Å²) in [6, 6.07) is 18.7. The maximum atomic E-state index is 5.69. The Morgan fingerprint density at radius 2 is 1.93 bits per heavy atom. The Balaban J connectivity index is 1.90. The zero-order chi connectivity index (χ0) is 19.1. The lowest BCUT2D eigenvalue weighted by Gasteiger charge is -2.10. The van der Waals surface area contributed by atoms with E-state index in [0.717, 1.165) is 57.2 Å². The van der Waals surface area contributed by atoms with Crippen LogP contribution in [0.5, 0.6) is 5.75 Å². The summed E-state index contributed by atoms with van der Waals surface area (Å²) in [6.07, 6.45) is 0.899. The predicted molar refractivity (Wildman–Crippen MR) is 117 cm³/mol. The van der Waals surface area contributed by atoms with Crippen molar-refractivity contribution in [3.8, 4) is 5.75 Å². The number of benzene rings is 3. The summed E-state index contributed by atoms with van der Waals surface area (Å²) in [4.78, 5) is 8.58. The number of pyridine rings is 1. The molecule has 0 fully saturated rings. The number of hydrogen-bond donors (Lipinski definition) is 3. The van der Waals surface area contributed by atoms with Gasteiger partial charge in [0.25, 0.3) is 0 Å². The van der Waals surface area contributed by atoms with Gasteiger partial charge < -0.3 is 20.8 Å². The van der Waals surface area contributed by atoms with E-state index in [1.54, 1.807) is 7.11 Å². The molecule has 0 amide bonds. The Bertz CT molecular complexity index is 1320. The van der Waals surface area contributed by atoms with Gasteiger partial charge in [-0.05, 0) is 54.1 Å². The van der Waals surface area contributed by atoms with Gasteiger partial charge in [0, 0.05) is 22.8 Å². The fourth-order valence-corrected chi connectivity index (χ4v) is 3.97. The van der Waals surface area contributed by atoms with E-state index in [2.05, 4.69) is 52.8 Å². The van der Waals surface area contributed by atoms with Gasteiger partial charge in [-0.25, -0.2) is 4.98 Å². The largest absolute Gasteiger partial charge is 0.497 e. The molecule has 2 aromatic heterocycles. The highest BCUT2D eigenvalue weighted by molar-refractivity contribution is 6.27. The number of nitrogens with one attached hydrogen (secondary N) is 2. The summed E-state index contributed by atoms with van der Waals surface area (Å²) in [5.74, 6) is 1.76. The Kier molecular flexibility index (Phi) is 4.02. The molecule has 0 unspecified atom stereocenters. The molecule has 0 aliphatic carbocycles. The molecule has 140 valence electrons. The highest BCUT2D eigenvalue weighted by atomic mass is 16.5. The Morgan fingerprint density at radius 1 is 1.04 bits per heavy atom. The van der Waals surface area contributed by atoms with Crippen LogP contribution in [0.15, 0.2) is 54.6 Å². The molecule has 5 rings (SSSR count). The highest BCUT2D eigenvalue weighted by Gasteiger charge is 2.16. The van der Waals surface area contributed by atoms with Gasteiger partial charge in [0.2, 0.25) is 0 Å². The standard InChI is InChI=1S/C23H22N4O/c1-28-15-8-9-16-14(13-15)7-10-19-20(16)21-22(26-19)17-5-2-3-6-18(17)27-23(21)25-12-4-11-24/h2-3,5-10,13,26H,4,11-12,24H2,1H3,(H,25,27). The van der Waals surface area contributed by atoms with Gasteiger partial charge in [0.15, 0.2) is 0 Å². The summed E-state index contributed by atoms with van der Waals surface area (Å²) in [7, 11) is 1.70. The molecular formula is C23H22N4O. The van der Waals surface area contributed by atoms with Crippen LogP contribution in [-0.4, -0.2) is 30.2 Å². The molecule has 2 heterocycles. The van der Waals surface area contributed by atoms with E-state index in [-0.39, 0.29) is 0 Å². The summed E-state index contributed by atoms with van der Waals surface area (Å²) in [5, 5.41) is 9.28. The quantitative estimate of drug-likeness (QED) is 0.389. The van der Waals surface area contributed by atoms with Crippen LogP contribution >= 0.6 is 0 Å². The van der Waals surface area contributed by atoms with Gasteiger partial charge in [-0.1, -0.05) is 24.3 Å². The van der Waals surface area contributed by atoms with Crippen LogP contribution in [-0.2, 0) is 0 Å². The summed E-state index contributed by atoms with van der Waals surface area (Å²) >= 11 is 0. The van der Waals surface area contributed by atoms with E-state index in [0.29, 0.717) is 6.54 Å².